The summed E-state index contributed by atoms with van der Waals surface area (Å²) in [5.41, 5.74) is 0.894. The number of nitrogens with zero attached hydrogens (tertiary/aromatic N) is 2. The summed E-state index contributed by atoms with van der Waals surface area (Å²) in [6.07, 6.45) is 1.45. The van der Waals surface area contributed by atoms with Crippen molar-refractivity contribution in [3.63, 3.8) is 0 Å². The van der Waals surface area contributed by atoms with Gasteiger partial charge in [-0.1, -0.05) is 41.4 Å². The van der Waals surface area contributed by atoms with E-state index in [0.29, 0.717) is 16.1 Å². The van der Waals surface area contributed by atoms with Gasteiger partial charge in [0.1, 0.15) is 4.90 Å². The van der Waals surface area contributed by atoms with E-state index in [1.807, 2.05) is 0 Å². The quantitative estimate of drug-likeness (QED) is 0.150. The molecule has 1 fully saturated rings. The highest BCUT2D eigenvalue weighted by Gasteiger charge is 2.35. The molecule has 184 valence electrons. The Balaban J connectivity index is 1.49. The summed E-state index contributed by atoms with van der Waals surface area (Å²) in [5, 5.41) is 10.6. The maximum absolute atomic E-state index is 12.8. The molecule has 1 aliphatic rings. The molecule has 36 heavy (non-hydrogen) atoms. The van der Waals surface area contributed by atoms with Crippen LogP contribution in [0.2, 0.25) is 10.0 Å². The number of imide groups is 1. The van der Waals surface area contributed by atoms with Gasteiger partial charge in [-0.15, -0.1) is 0 Å². The average molecular weight is 565 g/mol. The zero-order valence-electron chi connectivity index (χ0n) is 18.0. The lowest BCUT2D eigenvalue weighted by Crippen LogP contribution is -2.27. The molecule has 0 spiro atoms. The number of thioether (sulfide) groups is 1. The third-order valence-electron chi connectivity index (χ3n) is 4.92. The number of carbonyl (C=O) groups excluding carboxylic acids is 2. The molecule has 0 unspecified atom stereocenters. The van der Waals surface area contributed by atoms with Crippen LogP contribution in [0.15, 0.2) is 76.5 Å². The lowest BCUT2D eigenvalue weighted by molar-refractivity contribution is -0.384. The van der Waals surface area contributed by atoms with Gasteiger partial charge in [-0.2, -0.15) is 8.42 Å². The second-order valence-electron chi connectivity index (χ2n) is 7.37. The fourth-order valence-corrected chi connectivity index (χ4v) is 5.32. The molecular formula is C23H14Cl2N2O7S2. The normalized spacial score (nSPS) is 14.9. The largest absolute Gasteiger partial charge is 0.377 e. The lowest BCUT2D eigenvalue weighted by Gasteiger charge is -2.12. The van der Waals surface area contributed by atoms with E-state index in [1.165, 1.54) is 72.8 Å². The topological polar surface area (TPSA) is 124 Å². The van der Waals surface area contributed by atoms with E-state index >= 15 is 0 Å². The summed E-state index contributed by atoms with van der Waals surface area (Å²) in [6, 6.07) is 15.2. The van der Waals surface area contributed by atoms with Crippen LogP contribution in [0.5, 0.6) is 5.75 Å². The summed E-state index contributed by atoms with van der Waals surface area (Å²) in [5.74, 6) is -0.653. The maximum Gasteiger partial charge on any atom is 0.339 e. The van der Waals surface area contributed by atoms with Crippen LogP contribution in [0, 0.1) is 10.1 Å². The van der Waals surface area contributed by atoms with E-state index in [2.05, 4.69) is 0 Å². The highest BCUT2D eigenvalue weighted by Crippen LogP contribution is 2.35. The Kier molecular flexibility index (Phi) is 7.36. The van der Waals surface area contributed by atoms with Gasteiger partial charge in [0, 0.05) is 17.2 Å². The van der Waals surface area contributed by atoms with E-state index in [4.69, 9.17) is 27.4 Å². The third kappa shape index (κ3) is 5.71. The van der Waals surface area contributed by atoms with Crippen molar-refractivity contribution < 1.29 is 27.1 Å². The van der Waals surface area contributed by atoms with Crippen LogP contribution in [0.25, 0.3) is 6.08 Å². The van der Waals surface area contributed by atoms with Crippen molar-refractivity contribution >= 4 is 68.0 Å². The monoisotopic (exact) mass is 564 g/mol. The number of halogens is 2. The lowest BCUT2D eigenvalue weighted by atomic mass is 10.2. The average Bonchev–Trinajstić information content (AvgIpc) is 3.08. The van der Waals surface area contributed by atoms with Gasteiger partial charge in [-0.3, -0.25) is 24.6 Å². The predicted octanol–water partition coefficient (Wildman–Crippen LogP) is 5.91. The molecule has 0 aliphatic carbocycles. The van der Waals surface area contributed by atoms with Crippen LogP contribution in [-0.2, 0) is 21.5 Å². The standard InChI is InChI=1S/C23H14Cl2N2O7S2/c24-16-4-8-18(9-5-16)36(32,33)34-20-10-3-15(11-19(20)25)12-21-22(28)26(23(29)35-21)13-14-1-6-17(7-2-14)27(30)31/h1-12H,13H2/b21-12-. The summed E-state index contributed by atoms with van der Waals surface area (Å²) in [4.78, 5) is 36.5. The van der Waals surface area contributed by atoms with E-state index < -0.39 is 26.2 Å². The molecule has 1 aliphatic heterocycles. The number of amides is 2. The minimum absolute atomic E-state index is 0.0219. The van der Waals surface area contributed by atoms with Crippen LogP contribution in [-0.4, -0.2) is 29.4 Å². The zero-order valence-corrected chi connectivity index (χ0v) is 21.1. The first-order valence-electron chi connectivity index (χ1n) is 10.0. The molecule has 0 saturated carbocycles. The van der Waals surface area contributed by atoms with Gasteiger partial charge in [0.25, 0.3) is 16.8 Å². The summed E-state index contributed by atoms with van der Waals surface area (Å²) < 4.78 is 30.1. The van der Waals surface area contributed by atoms with E-state index in [1.54, 1.807) is 0 Å². The van der Waals surface area contributed by atoms with Crippen molar-refractivity contribution in [1.82, 2.24) is 4.90 Å². The number of carbonyl (C=O) groups is 2. The first kappa shape index (κ1) is 25.7. The van der Waals surface area contributed by atoms with E-state index in [-0.39, 0.29) is 32.8 Å². The van der Waals surface area contributed by atoms with Gasteiger partial charge in [0.2, 0.25) is 0 Å². The van der Waals surface area contributed by atoms with Gasteiger partial charge in [0.05, 0.1) is 21.4 Å². The second kappa shape index (κ2) is 10.3. The SMILES string of the molecule is O=C1S/C(=C\c2ccc(OS(=O)(=O)c3ccc(Cl)cc3)c(Cl)c2)C(=O)N1Cc1ccc([N+](=O)[O-])cc1. The molecule has 0 radical (unpaired) electrons. The van der Waals surface area contributed by atoms with Crippen LogP contribution in [0.1, 0.15) is 11.1 Å². The molecule has 0 bridgehead atoms. The van der Waals surface area contributed by atoms with Crippen molar-refractivity contribution in [1.29, 1.82) is 0 Å². The maximum atomic E-state index is 12.8. The van der Waals surface area contributed by atoms with Gasteiger partial charge in [0.15, 0.2) is 5.75 Å². The molecule has 0 aromatic heterocycles. The number of nitro groups is 1. The zero-order chi connectivity index (χ0) is 26.0. The summed E-state index contributed by atoms with van der Waals surface area (Å²) in [7, 11) is -4.15. The third-order valence-corrected chi connectivity index (χ3v) is 7.62. The highest BCUT2D eigenvalue weighted by atomic mass is 35.5. The second-order valence-corrected chi connectivity index (χ2v) is 10.8. The van der Waals surface area contributed by atoms with E-state index in [0.717, 1.165) is 16.7 Å². The Morgan fingerprint density at radius 1 is 1.00 bits per heavy atom. The number of hydrogen-bond donors (Lipinski definition) is 0. The number of hydrogen-bond acceptors (Lipinski definition) is 8. The van der Waals surface area contributed by atoms with Crippen LogP contribution in [0.3, 0.4) is 0 Å². The fraction of sp³-hybridized carbons (Fsp3) is 0.0435. The summed E-state index contributed by atoms with van der Waals surface area (Å²) >= 11 is 12.7. The molecule has 0 N–H and O–H groups in total. The molecule has 0 atom stereocenters. The molecule has 4 rings (SSSR count). The number of nitro benzene ring substituents is 1. The Labute approximate surface area is 219 Å². The van der Waals surface area contributed by atoms with Gasteiger partial charge < -0.3 is 4.18 Å². The molecule has 9 nitrogen and oxygen atoms in total. The van der Waals surface area contributed by atoms with Crippen molar-refractivity contribution in [3.05, 3.63) is 103 Å². The van der Waals surface area contributed by atoms with Gasteiger partial charge in [-0.05, 0) is 65.4 Å². The summed E-state index contributed by atoms with van der Waals surface area (Å²) in [6.45, 7) is -0.0455. The smallest absolute Gasteiger partial charge is 0.339 e. The minimum Gasteiger partial charge on any atom is -0.377 e. The Morgan fingerprint density at radius 2 is 1.67 bits per heavy atom. The van der Waals surface area contributed by atoms with Crippen molar-refractivity contribution in [2.24, 2.45) is 0 Å². The molecule has 13 heteroatoms. The van der Waals surface area contributed by atoms with Gasteiger partial charge >= 0.3 is 10.1 Å². The van der Waals surface area contributed by atoms with E-state index in [9.17, 15) is 28.1 Å². The first-order chi connectivity index (χ1) is 17.0. The molecule has 3 aromatic rings. The van der Waals surface area contributed by atoms with Crippen LogP contribution in [0.4, 0.5) is 10.5 Å². The Hall–Kier alpha value is -3.38. The van der Waals surface area contributed by atoms with Crippen LogP contribution < -0.4 is 4.18 Å². The fourth-order valence-electron chi connectivity index (χ4n) is 3.14. The highest BCUT2D eigenvalue weighted by molar-refractivity contribution is 8.18. The number of rotatable bonds is 7. The molecule has 2 amide bonds. The Bertz CT molecular complexity index is 1510. The first-order valence-corrected chi connectivity index (χ1v) is 13.0. The Morgan fingerprint density at radius 3 is 2.28 bits per heavy atom. The molecule has 3 aromatic carbocycles. The van der Waals surface area contributed by atoms with Crippen molar-refractivity contribution in [2.75, 3.05) is 0 Å². The van der Waals surface area contributed by atoms with Crippen LogP contribution >= 0.6 is 35.0 Å². The van der Waals surface area contributed by atoms with Crippen molar-refractivity contribution in [3.8, 4) is 5.75 Å². The molecule has 1 heterocycles. The predicted molar refractivity (Wildman–Crippen MR) is 135 cm³/mol. The van der Waals surface area contributed by atoms with Gasteiger partial charge in [-0.25, -0.2) is 0 Å². The molecule has 1 saturated heterocycles. The van der Waals surface area contributed by atoms with Crippen molar-refractivity contribution in [2.45, 2.75) is 11.4 Å². The molecular weight excluding hydrogens is 551 g/mol. The number of benzene rings is 3. The minimum atomic E-state index is -4.15. The number of non-ortho nitro benzene ring substituents is 1.